The van der Waals surface area contributed by atoms with Gasteiger partial charge in [-0.2, -0.15) is 5.10 Å². The monoisotopic (exact) mass is 256 g/mol. The van der Waals surface area contributed by atoms with Crippen LogP contribution in [0.25, 0.3) is 6.20 Å². The molecule has 2 aromatic rings. The Bertz CT molecular complexity index is 567. The fraction of sp³-hybridized carbons (Fsp3) is 0.312. The molecule has 1 aromatic heterocycles. The highest BCUT2D eigenvalue weighted by Gasteiger charge is 2.04. The molecule has 3 heteroatoms. The maximum atomic E-state index is 10.1. The Morgan fingerprint density at radius 3 is 2.47 bits per heavy atom. The van der Waals surface area contributed by atoms with Crippen molar-refractivity contribution in [2.45, 2.75) is 33.3 Å². The van der Waals surface area contributed by atoms with Gasteiger partial charge in [-0.3, -0.25) is 0 Å². The van der Waals surface area contributed by atoms with Crippen LogP contribution in [0.1, 0.15) is 35.0 Å². The van der Waals surface area contributed by atoms with Gasteiger partial charge < -0.3 is 5.11 Å². The Hall–Kier alpha value is -1.87. The second-order valence-corrected chi connectivity index (χ2v) is 4.92. The molecule has 0 saturated heterocycles. The van der Waals surface area contributed by atoms with Gasteiger partial charge in [0, 0.05) is 11.9 Å². The van der Waals surface area contributed by atoms with Crippen LogP contribution in [0.2, 0.25) is 0 Å². The summed E-state index contributed by atoms with van der Waals surface area (Å²) in [5.74, 6) is 0. The van der Waals surface area contributed by atoms with Gasteiger partial charge in [0.05, 0.1) is 11.8 Å². The average molecular weight is 256 g/mol. The number of aryl methyl sites for hydroxylation is 3. The summed E-state index contributed by atoms with van der Waals surface area (Å²) in [4.78, 5) is 0. The van der Waals surface area contributed by atoms with E-state index < -0.39 is 6.10 Å². The predicted molar refractivity (Wildman–Crippen MR) is 77.8 cm³/mol. The topological polar surface area (TPSA) is 38.0 Å². The summed E-state index contributed by atoms with van der Waals surface area (Å²) in [6, 6.07) is 10.0. The minimum Gasteiger partial charge on any atom is -0.388 e. The quantitative estimate of drug-likeness (QED) is 0.910. The highest BCUT2D eigenvalue weighted by Crippen LogP contribution is 2.17. The molecule has 0 saturated carbocycles. The second kappa shape index (κ2) is 5.85. The molecule has 1 heterocycles. The Labute approximate surface area is 114 Å². The predicted octanol–water partition coefficient (Wildman–Crippen LogP) is 3.40. The number of aromatic nitrogens is 2. The number of aliphatic hydroxyl groups excluding tert-OH is 1. The van der Waals surface area contributed by atoms with Crippen LogP contribution in [0, 0.1) is 20.8 Å². The summed E-state index contributed by atoms with van der Waals surface area (Å²) in [6.45, 7) is 6.03. The number of hydrogen-bond donors (Lipinski definition) is 1. The zero-order valence-electron chi connectivity index (χ0n) is 11.7. The Kier molecular flexibility index (Phi) is 4.17. The number of nitrogens with zero attached hydrogens (tertiary/aromatic N) is 2. The van der Waals surface area contributed by atoms with E-state index in [1.54, 1.807) is 0 Å². The molecule has 1 atom stereocenters. The standard InChI is InChI=1S/C16H20N2O/c1-12-6-8-15(9-7-12)16(19)5-4-10-18-14(3)11-13(2)17-18/h4,6-11,16,19H,5H2,1-3H3. The molecule has 2 rings (SSSR count). The van der Waals surface area contributed by atoms with E-state index in [-0.39, 0.29) is 0 Å². The molecule has 0 aliphatic heterocycles. The lowest BCUT2D eigenvalue weighted by Gasteiger charge is -2.08. The number of benzene rings is 1. The average Bonchev–Trinajstić information content (AvgIpc) is 2.68. The van der Waals surface area contributed by atoms with Crippen molar-refractivity contribution in [3.8, 4) is 0 Å². The molecule has 1 aromatic carbocycles. The number of hydrogen-bond acceptors (Lipinski definition) is 2. The molecule has 100 valence electrons. The minimum atomic E-state index is -0.464. The van der Waals surface area contributed by atoms with Gasteiger partial charge in [0.2, 0.25) is 0 Å². The van der Waals surface area contributed by atoms with Crippen molar-refractivity contribution in [1.29, 1.82) is 0 Å². The largest absolute Gasteiger partial charge is 0.388 e. The molecule has 0 aliphatic rings. The Balaban J connectivity index is 1.98. The van der Waals surface area contributed by atoms with Crippen LogP contribution in [0.15, 0.2) is 36.4 Å². The van der Waals surface area contributed by atoms with Gasteiger partial charge in [-0.1, -0.05) is 35.9 Å². The molecule has 0 aliphatic carbocycles. The van der Waals surface area contributed by atoms with Crippen molar-refractivity contribution in [2.75, 3.05) is 0 Å². The van der Waals surface area contributed by atoms with Gasteiger partial charge in [-0.15, -0.1) is 0 Å². The first-order valence-electron chi connectivity index (χ1n) is 6.50. The van der Waals surface area contributed by atoms with Crippen molar-refractivity contribution in [3.63, 3.8) is 0 Å². The van der Waals surface area contributed by atoms with Crippen molar-refractivity contribution in [2.24, 2.45) is 0 Å². The summed E-state index contributed by atoms with van der Waals surface area (Å²) in [5, 5.41) is 14.4. The first-order valence-corrected chi connectivity index (χ1v) is 6.50. The smallest absolute Gasteiger partial charge is 0.0825 e. The van der Waals surface area contributed by atoms with Gasteiger partial charge >= 0.3 is 0 Å². The van der Waals surface area contributed by atoms with Gasteiger partial charge in [-0.25, -0.2) is 4.68 Å². The molecule has 0 bridgehead atoms. The fourth-order valence-electron chi connectivity index (χ4n) is 2.01. The Morgan fingerprint density at radius 2 is 1.89 bits per heavy atom. The van der Waals surface area contributed by atoms with E-state index >= 15 is 0 Å². The van der Waals surface area contributed by atoms with Crippen molar-refractivity contribution in [3.05, 3.63) is 58.9 Å². The molecule has 0 amide bonds. The lowest BCUT2D eigenvalue weighted by Crippen LogP contribution is -1.97. The van der Waals surface area contributed by atoms with E-state index in [0.717, 1.165) is 17.0 Å². The van der Waals surface area contributed by atoms with E-state index in [0.29, 0.717) is 6.42 Å². The third-order valence-corrected chi connectivity index (χ3v) is 3.11. The van der Waals surface area contributed by atoms with Crippen molar-refractivity contribution < 1.29 is 5.11 Å². The van der Waals surface area contributed by atoms with E-state index in [4.69, 9.17) is 0 Å². The van der Waals surface area contributed by atoms with Gasteiger partial charge in [0.25, 0.3) is 0 Å². The molecular weight excluding hydrogens is 236 g/mol. The minimum absolute atomic E-state index is 0.464. The van der Waals surface area contributed by atoms with Crippen LogP contribution in [0.5, 0.6) is 0 Å². The van der Waals surface area contributed by atoms with Crippen molar-refractivity contribution in [1.82, 2.24) is 9.78 Å². The molecule has 1 N–H and O–H groups in total. The van der Waals surface area contributed by atoms with Crippen LogP contribution in [0.4, 0.5) is 0 Å². The van der Waals surface area contributed by atoms with E-state index in [9.17, 15) is 5.11 Å². The zero-order chi connectivity index (χ0) is 13.8. The van der Waals surface area contributed by atoms with E-state index in [1.165, 1.54) is 5.56 Å². The first-order chi connectivity index (χ1) is 9.06. The highest BCUT2D eigenvalue weighted by atomic mass is 16.3. The van der Waals surface area contributed by atoms with Gasteiger partial charge in [-0.05, 0) is 38.8 Å². The summed E-state index contributed by atoms with van der Waals surface area (Å²) in [6.07, 6.45) is 3.97. The van der Waals surface area contributed by atoms with Gasteiger partial charge in [0.15, 0.2) is 0 Å². The number of rotatable bonds is 4. The molecular formula is C16H20N2O. The van der Waals surface area contributed by atoms with Crippen LogP contribution in [0.3, 0.4) is 0 Å². The molecule has 19 heavy (non-hydrogen) atoms. The summed E-state index contributed by atoms with van der Waals surface area (Å²) >= 11 is 0. The Morgan fingerprint density at radius 1 is 1.21 bits per heavy atom. The van der Waals surface area contributed by atoms with Crippen molar-refractivity contribution >= 4 is 6.20 Å². The van der Waals surface area contributed by atoms with E-state index in [1.807, 2.05) is 68.1 Å². The van der Waals surface area contributed by atoms with E-state index in [2.05, 4.69) is 5.10 Å². The van der Waals surface area contributed by atoms with Gasteiger partial charge in [0.1, 0.15) is 0 Å². The first kappa shape index (κ1) is 13.6. The number of aliphatic hydroxyl groups is 1. The molecule has 3 nitrogen and oxygen atoms in total. The molecule has 1 unspecified atom stereocenters. The maximum absolute atomic E-state index is 10.1. The summed E-state index contributed by atoms with van der Waals surface area (Å²) in [7, 11) is 0. The third-order valence-electron chi connectivity index (χ3n) is 3.11. The second-order valence-electron chi connectivity index (χ2n) is 4.92. The highest BCUT2D eigenvalue weighted by molar-refractivity contribution is 5.28. The molecule has 0 spiro atoms. The summed E-state index contributed by atoms with van der Waals surface area (Å²) in [5.41, 5.74) is 4.25. The lowest BCUT2D eigenvalue weighted by molar-refractivity contribution is 0.181. The normalized spacial score (nSPS) is 13.1. The third kappa shape index (κ3) is 3.55. The molecule has 0 fully saturated rings. The van der Waals surface area contributed by atoms with Crippen LogP contribution >= 0.6 is 0 Å². The zero-order valence-corrected chi connectivity index (χ0v) is 11.7. The van der Waals surface area contributed by atoms with Crippen LogP contribution < -0.4 is 0 Å². The lowest BCUT2D eigenvalue weighted by atomic mass is 10.1. The van der Waals surface area contributed by atoms with Crippen LogP contribution in [-0.4, -0.2) is 14.9 Å². The maximum Gasteiger partial charge on any atom is 0.0825 e. The molecule has 0 radical (unpaired) electrons. The summed E-state index contributed by atoms with van der Waals surface area (Å²) < 4.78 is 1.83. The fourth-order valence-corrected chi connectivity index (χ4v) is 2.01. The SMILES string of the molecule is Cc1ccc(C(O)CC=Cn2nc(C)cc2C)cc1. The van der Waals surface area contributed by atoms with Crippen LogP contribution in [-0.2, 0) is 0 Å².